The van der Waals surface area contributed by atoms with Crippen molar-refractivity contribution in [2.45, 2.75) is 238 Å². The number of phosphoric acid groups is 1. The van der Waals surface area contributed by atoms with E-state index in [0.717, 1.165) is 57.8 Å². The standard InChI is InChI=1S/C52H99N2O6P/c1-6-8-10-12-14-16-18-20-22-24-26-27-28-29-31-33-35-37-39-41-43-45-51(55)50(49-60-61(57,58)59-48-47-54(3,4)5)53-52(56)46-44-42-40-38-36-34-32-30-25-23-21-19-17-15-13-11-9-7-2/h28-30,32,35,37,43,45,50-51,55H,6-27,31,33-34,36,38-42,44,46-49H2,1-5H3,(H-,53,56,57,58)/p+1/b29-28+,32-30-,37-35+,45-43+. The molecule has 0 saturated heterocycles. The molecule has 0 aliphatic carbocycles. The van der Waals surface area contributed by atoms with Gasteiger partial charge in [-0.3, -0.25) is 13.8 Å². The predicted molar refractivity (Wildman–Crippen MR) is 263 cm³/mol. The van der Waals surface area contributed by atoms with Crippen LogP contribution in [0.25, 0.3) is 0 Å². The summed E-state index contributed by atoms with van der Waals surface area (Å²) in [6.45, 7) is 4.79. The maximum atomic E-state index is 12.9. The van der Waals surface area contributed by atoms with Gasteiger partial charge >= 0.3 is 7.82 Å². The van der Waals surface area contributed by atoms with Gasteiger partial charge in [-0.1, -0.05) is 197 Å². The Balaban J connectivity index is 4.42. The second-order valence-corrected chi connectivity index (χ2v) is 20.0. The maximum absolute atomic E-state index is 12.9. The third kappa shape index (κ3) is 46.3. The number of nitrogens with one attached hydrogen (secondary N) is 1. The molecule has 0 radical (unpaired) electrons. The first-order chi connectivity index (χ1) is 29.5. The van der Waals surface area contributed by atoms with Gasteiger partial charge in [0.25, 0.3) is 0 Å². The van der Waals surface area contributed by atoms with Crippen LogP contribution in [0.4, 0.5) is 0 Å². The summed E-state index contributed by atoms with van der Waals surface area (Å²) in [6, 6.07) is -0.874. The van der Waals surface area contributed by atoms with Crippen LogP contribution in [0.15, 0.2) is 48.6 Å². The topological polar surface area (TPSA) is 105 Å². The normalized spacial score (nSPS) is 14.5. The summed E-state index contributed by atoms with van der Waals surface area (Å²) in [5.41, 5.74) is 0. The molecule has 3 unspecified atom stereocenters. The SMILES string of the molecule is CCCCCCCCCCC/C=C\CCCCCCCC(=O)NC(COP(=O)(O)OCC[N+](C)(C)C)C(O)/C=C/CC/C=C/CC/C=C/CCCCCCCCCCCCC. The van der Waals surface area contributed by atoms with Gasteiger partial charge in [-0.15, -0.1) is 0 Å². The molecular weight excluding hydrogens is 780 g/mol. The van der Waals surface area contributed by atoms with Crippen LogP contribution >= 0.6 is 7.82 Å². The predicted octanol–water partition coefficient (Wildman–Crippen LogP) is 14.8. The Hall–Kier alpha value is -1.54. The number of aliphatic hydroxyl groups is 1. The first kappa shape index (κ1) is 59.5. The highest BCUT2D eigenvalue weighted by molar-refractivity contribution is 7.47. The number of hydrogen-bond donors (Lipinski definition) is 3. The molecule has 0 aromatic heterocycles. The summed E-state index contributed by atoms with van der Waals surface area (Å²) in [6.07, 6.45) is 56.2. The second kappa shape index (κ2) is 43.7. The minimum Gasteiger partial charge on any atom is -0.387 e. The van der Waals surface area contributed by atoms with Gasteiger partial charge in [0.05, 0.1) is 39.9 Å². The summed E-state index contributed by atoms with van der Waals surface area (Å²) >= 11 is 0. The van der Waals surface area contributed by atoms with Gasteiger partial charge in [-0.2, -0.15) is 0 Å². The highest BCUT2D eigenvalue weighted by Crippen LogP contribution is 2.43. The lowest BCUT2D eigenvalue weighted by Crippen LogP contribution is -2.45. The van der Waals surface area contributed by atoms with E-state index < -0.39 is 20.0 Å². The summed E-state index contributed by atoms with van der Waals surface area (Å²) in [7, 11) is 1.54. The first-order valence-electron chi connectivity index (χ1n) is 25.5. The molecule has 0 rings (SSSR count). The molecule has 0 aliphatic heterocycles. The average molecular weight is 880 g/mol. The maximum Gasteiger partial charge on any atom is 0.472 e. The number of aliphatic hydroxyl groups excluding tert-OH is 1. The minimum atomic E-state index is -4.36. The Morgan fingerprint density at radius 2 is 0.902 bits per heavy atom. The van der Waals surface area contributed by atoms with E-state index in [0.29, 0.717) is 17.4 Å². The number of carbonyl (C=O) groups excluding carboxylic acids is 1. The number of hydrogen-bond acceptors (Lipinski definition) is 5. The molecule has 0 heterocycles. The molecule has 3 atom stereocenters. The fourth-order valence-corrected chi connectivity index (χ4v) is 7.92. The Morgan fingerprint density at radius 1 is 0.541 bits per heavy atom. The number of unbranched alkanes of at least 4 members (excludes halogenated alkanes) is 27. The monoisotopic (exact) mass is 880 g/mol. The van der Waals surface area contributed by atoms with Crippen LogP contribution in [0.5, 0.6) is 0 Å². The van der Waals surface area contributed by atoms with Crippen molar-refractivity contribution in [2.24, 2.45) is 0 Å². The number of quaternary nitrogens is 1. The molecular formula is C52H100N2O6P+. The first-order valence-corrected chi connectivity index (χ1v) is 27.0. The van der Waals surface area contributed by atoms with Crippen molar-refractivity contribution in [1.29, 1.82) is 0 Å². The van der Waals surface area contributed by atoms with E-state index in [1.165, 1.54) is 148 Å². The van der Waals surface area contributed by atoms with Crippen molar-refractivity contribution < 1.29 is 32.9 Å². The van der Waals surface area contributed by atoms with E-state index in [-0.39, 0.29) is 19.1 Å². The fourth-order valence-electron chi connectivity index (χ4n) is 7.19. The molecule has 61 heavy (non-hydrogen) atoms. The van der Waals surface area contributed by atoms with E-state index in [1.54, 1.807) is 6.08 Å². The number of amides is 1. The van der Waals surface area contributed by atoms with Gasteiger partial charge in [-0.25, -0.2) is 4.57 Å². The van der Waals surface area contributed by atoms with Crippen LogP contribution in [-0.4, -0.2) is 73.4 Å². The van der Waals surface area contributed by atoms with Crippen LogP contribution in [0.3, 0.4) is 0 Å². The smallest absolute Gasteiger partial charge is 0.387 e. The molecule has 9 heteroatoms. The van der Waals surface area contributed by atoms with Crippen molar-refractivity contribution in [3.8, 4) is 0 Å². The van der Waals surface area contributed by atoms with Gasteiger partial charge in [-0.05, 0) is 70.6 Å². The molecule has 0 saturated carbocycles. The molecule has 358 valence electrons. The lowest BCUT2D eigenvalue weighted by molar-refractivity contribution is -0.870. The average Bonchev–Trinajstić information content (AvgIpc) is 3.21. The Bertz CT molecular complexity index is 1130. The highest BCUT2D eigenvalue weighted by Gasteiger charge is 2.27. The molecule has 0 spiro atoms. The molecule has 0 aromatic carbocycles. The number of carbonyl (C=O) groups is 1. The van der Waals surface area contributed by atoms with Gasteiger partial charge in [0.15, 0.2) is 0 Å². The number of likely N-dealkylation sites (N-methyl/N-ethyl adjacent to an activating group) is 1. The zero-order valence-corrected chi connectivity index (χ0v) is 41.5. The molecule has 1 amide bonds. The molecule has 8 nitrogen and oxygen atoms in total. The van der Waals surface area contributed by atoms with Crippen LogP contribution in [0.2, 0.25) is 0 Å². The van der Waals surface area contributed by atoms with Crippen molar-refractivity contribution in [3.63, 3.8) is 0 Å². The Morgan fingerprint density at radius 3 is 1.31 bits per heavy atom. The van der Waals surface area contributed by atoms with Crippen molar-refractivity contribution in [3.05, 3.63) is 48.6 Å². The van der Waals surface area contributed by atoms with Gasteiger partial charge in [0.2, 0.25) is 5.91 Å². The molecule has 0 aromatic rings. The van der Waals surface area contributed by atoms with E-state index in [9.17, 15) is 19.4 Å². The summed E-state index contributed by atoms with van der Waals surface area (Å²) in [5, 5.41) is 13.9. The van der Waals surface area contributed by atoms with Gasteiger partial charge < -0.3 is 19.8 Å². The zero-order chi connectivity index (χ0) is 45.0. The van der Waals surface area contributed by atoms with Crippen LogP contribution in [0, 0.1) is 0 Å². The second-order valence-electron chi connectivity index (χ2n) is 18.5. The van der Waals surface area contributed by atoms with Crippen molar-refractivity contribution >= 4 is 13.7 Å². The van der Waals surface area contributed by atoms with Gasteiger partial charge in [0, 0.05) is 6.42 Å². The molecule has 0 aliphatic rings. The number of allylic oxidation sites excluding steroid dienone is 7. The third-order valence-electron chi connectivity index (χ3n) is 11.2. The summed E-state index contributed by atoms with van der Waals surface area (Å²) in [5.74, 6) is -0.199. The third-order valence-corrected chi connectivity index (χ3v) is 12.2. The minimum absolute atomic E-state index is 0.0512. The Kier molecular flexibility index (Phi) is 42.6. The number of phosphoric ester groups is 1. The Labute approximate surface area is 378 Å². The van der Waals surface area contributed by atoms with E-state index in [2.05, 4.69) is 55.6 Å². The fraction of sp³-hybridized carbons (Fsp3) is 0.827. The van der Waals surface area contributed by atoms with Crippen molar-refractivity contribution in [2.75, 3.05) is 40.9 Å². The molecule has 3 N–H and O–H groups in total. The molecule has 0 fully saturated rings. The highest BCUT2D eigenvalue weighted by atomic mass is 31.2. The number of nitrogens with zero attached hydrogens (tertiary/aromatic N) is 1. The zero-order valence-electron chi connectivity index (χ0n) is 40.7. The largest absolute Gasteiger partial charge is 0.472 e. The van der Waals surface area contributed by atoms with Crippen LogP contribution < -0.4 is 5.32 Å². The van der Waals surface area contributed by atoms with E-state index >= 15 is 0 Å². The molecule has 0 bridgehead atoms. The quantitative estimate of drug-likeness (QED) is 0.0243. The summed E-state index contributed by atoms with van der Waals surface area (Å²) < 4.78 is 23.6. The number of rotatable bonds is 46. The van der Waals surface area contributed by atoms with Crippen molar-refractivity contribution in [1.82, 2.24) is 5.32 Å². The van der Waals surface area contributed by atoms with Gasteiger partial charge in [0.1, 0.15) is 13.2 Å². The van der Waals surface area contributed by atoms with E-state index in [1.807, 2.05) is 27.2 Å². The lowest BCUT2D eigenvalue weighted by Gasteiger charge is -2.25. The summed E-state index contributed by atoms with van der Waals surface area (Å²) in [4.78, 5) is 23.2. The van der Waals surface area contributed by atoms with Crippen LogP contribution in [0.1, 0.15) is 226 Å². The van der Waals surface area contributed by atoms with Crippen LogP contribution in [-0.2, 0) is 18.4 Å². The van der Waals surface area contributed by atoms with E-state index in [4.69, 9.17) is 9.05 Å². The lowest BCUT2D eigenvalue weighted by atomic mass is 10.1.